The zero-order chi connectivity index (χ0) is 13.5. The standard InChI is InChI=1S/C12H15BrN2O3/c1-8(6-11(16)17)7-14-12(18)15-10-4-2-9(13)3-5-10/h2-5,8H,6-7H2,1H3,(H,16,17)(H2,14,15,18). The molecule has 2 amide bonds. The number of rotatable bonds is 5. The number of anilines is 1. The van der Waals surface area contributed by atoms with Crippen LogP contribution in [0.1, 0.15) is 13.3 Å². The van der Waals surface area contributed by atoms with Crippen LogP contribution >= 0.6 is 15.9 Å². The number of aliphatic carboxylic acids is 1. The highest BCUT2D eigenvalue weighted by Crippen LogP contribution is 2.13. The van der Waals surface area contributed by atoms with Gasteiger partial charge < -0.3 is 15.7 Å². The van der Waals surface area contributed by atoms with E-state index in [4.69, 9.17) is 5.11 Å². The van der Waals surface area contributed by atoms with Crippen LogP contribution in [0, 0.1) is 5.92 Å². The average molecular weight is 315 g/mol. The van der Waals surface area contributed by atoms with E-state index in [1.54, 1.807) is 19.1 Å². The van der Waals surface area contributed by atoms with Gasteiger partial charge in [0.2, 0.25) is 0 Å². The monoisotopic (exact) mass is 314 g/mol. The molecule has 0 fully saturated rings. The van der Waals surface area contributed by atoms with Crippen molar-refractivity contribution in [2.24, 2.45) is 5.92 Å². The third-order valence-electron chi connectivity index (χ3n) is 2.24. The second-order valence-corrected chi connectivity index (χ2v) is 4.96. The highest BCUT2D eigenvalue weighted by molar-refractivity contribution is 9.10. The van der Waals surface area contributed by atoms with Crippen LogP contribution in [0.15, 0.2) is 28.7 Å². The number of hydrogen-bond acceptors (Lipinski definition) is 2. The van der Waals surface area contributed by atoms with Gasteiger partial charge in [-0.1, -0.05) is 22.9 Å². The van der Waals surface area contributed by atoms with Crippen molar-refractivity contribution in [3.05, 3.63) is 28.7 Å². The highest BCUT2D eigenvalue weighted by Gasteiger charge is 2.09. The van der Waals surface area contributed by atoms with E-state index in [1.165, 1.54) is 0 Å². The van der Waals surface area contributed by atoms with E-state index in [1.807, 2.05) is 12.1 Å². The van der Waals surface area contributed by atoms with E-state index < -0.39 is 5.97 Å². The topological polar surface area (TPSA) is 78.4 Å². The lowest BCUT2D eigenvalue weighted by Gasteiger charge is -2.11. The lowest BCUT2D eigenvalue weighted by atomic mass is 10.1. The lowest BCUT2D eigenvalue weighted by molar-refractivity contribution is -0.137. The molecule has 0 spiro atoms. The Morgan fingerprint density at radius 2 is 1.94 bits per heavy atom. The van der Waals surface area contributed by atoms with Crippen molar-refractivity contribution in [1.29, 1.82) is 0 Å². The van der Waals surface area contributed by atoms with Gasteiger partial charge in [-0.05, 0) is 30.2 Å². The Bertz CT molecular complexity index is 420. The highest BCUT2D eigenvalue weighted by atomic mass is 79.9. The van der Waals surface area contributed by atoms with Crippen LogP contribution < -0.4 is 10.6 Å². The maximum atomic E-state index is 11.5. The summed E-state index contributed by atoms with van der Waals surface area (Å²) in [7, 11) is 0. The SMILES string of the molecule is CC(CNC(=O)Nc1ccc(Br)cc1)CC(=O)O. The van der Waals surface area contributed by atoms with Crippen LogP contribution in [0.25, 0.3) is 0 Å². The molecule has 3 N–H and O–H groups in total. The minimum absolute atomic E-state index is 0.0402. The second kappa shape index (κ2) is 7.00. The third-order valence-corrected chi connectivity index (χ3v) is 2.76. The Morgan fingerprint density at radius 1 is 1.33 bits per heavy atom. The molecule has 18 heavy (non-hydrogen) atoms. The van der Waals surface area contributed by atoms with Crippen LogP contribution in [0.2, 0.25) is 0 Å². The Hall–Kier alpha value is -1.56. The molecule has 1 unspecified atom stereocenters. The molecule has 6 heteroatoms. The van der Waals surface area contributed by atoms with E-state index in [9.17, 15) is 9.59 Å². The Labute approximate surface area is 114 Å². The first-order chi connectivity index (χ1) is 8.47. The number of carbonyl (C=O) groups excluding carboxylic acids is 1. The van der Waals surface area contributed by atoms with Crippen molar-refractivity contribution < 1.29 is 14.7 Å². The van der Waals surface area contributed by atoms with Crippen LogP contribution in [0.5, 0.6) is 0 Å². The minimum Gasteiger partial charge on any atom is -0.481 e. The molecule has 98 valence electrons. The molecule has 0 saturated heterocycles. The third kappa shape index (κ3) is 5.67. The summed E-state index contributed by atoms with van der Waals surface area (Å²) in [5.74, 6) is -0.962. The second-order valence-electron chi connectivity index (χ2n) is 4.04. The fraction of sp³-hybridized carbons (Fsp3) is 0.333. The van der Waals surface area contributed by atoms with Gasteiger partial charge in [0.05, 0.1) is 0 Å². The van der Waals surface area contributed by atoms with Gasteiger partial charge >= 0.3 is 12.0 Å². The Morgan fingerprint density at radius 3 is 2.50 bits per heavy atom. The van der Waals surface area contributed by atoms with Gasteiger partial charge in [0, 0.05) is 23.1 Å². The first-order valence-electron chi connectivity index (χ1n) is 5.49. The van der Waals surface area contributed by atoms with Crippen LogP contribution in [-0.2, 0) is 4.79 Å². The van der Waals surface area contributed by atoms with Crippen molar-refractivity contribution in [1.82, 2.24) is 5.32 Å². The zero-order valence-corrected chi connectivity index (χ0v) is 11.5. The van der Waals surface area contributed by atoms with Crippen LogP contribution in [-0.4, -0.2) is 23.7 Å². The van der Waals surface area contributed by atoms with Gasteiger partial charge in [-0.15, -0.1) is 0 Å². The predicted octanol–water partition coefficient (Wildman–Crippen LogP) is 2.68. The first kappa shape index (κ1) is 14.5. The summed E-state index contributed by atoms with van der Waals surface area (Å²) >= 11 is 3.30. The van der Waals surface area contributed by atoms with Crippen LogP contribution in [0.4, 0.5) is 10.5 Å². The summed E-state index contributed by atoms with van der Waals surface area (Å²) in [6.45, 7) is 2.10. The number of urea groups is 1. The number of carboxylic acids is 1. The maximum Gasteiger partial charge on any atom is 0.319 e. The molecule has 0 aliphatic heterocycles. The number of carbonyl (C=O) groups is 2. The Kier molecular flexibility index (Phi) is 5.64. The zero-order valence-electron chi connectivity index (χ0n) is 9.94. The molecule has 0 aliphatic rings. The summed E-state index contributed by atoms with van der Waals surface area (Å²) in [5, 5.41) is 13.9. The Balaban J connectivity index is 2.33. The lowest BCUT2D eigenvalue weighted by Crippen LogP contribution is -2.32. The van der Waals surface area contributed by atoms with Gasteiger partial charge in [0.1, 0.15) is 0 Å². The molecule has 0 bridgehead atoms. The summed E-state index contributed by atoms with van der Waals surface area (Å²) in [4.78, 5) is 22.0. The van der Waals surface area contributed by atoms with Gasteiger partial charge in [-0.3, -0.25) is 4.79 Å². The predicted molar refractivity (Wildman–Crippen MR) is 72.6 cm³/mol. The molecule has 0 heterocycles. The summed E-state index contributed by atoms with van der Waals surface area (Å²) in [5.41, 5.74) is 0.682. The summed E-state index contributed by atoms with van der Waals surface area (Å²) < 4.78 is 0.934. The number of nitrogens with one attached hydrogen (secondary N) is 2. The van der Waals surface area contributed by atoms with Crippen molar-refractivity contribution >= 4 is 33.6 Å². The van der Waals surface area contributed by atoms with E-state index in [-0.39, 0.29) is 18.4 Å². The maximum absolute atomic E-state index is 11.5. The van der Waals surface area contributed by atoms with Crippen LogP contribution in [0.3, 0.4) is 0 Å². The quantitative estimate of drug-likeness (QED) is 0.781. The summed E-state index contributed by atoms with van der Waals surface area (Å²) in [6, 6.07) is 6.84. The van der Waals surface area contributed by atoms with Crippen molar-refractivity contribution in [3.63, 3.8) is 0 Å². The molecule has 1 atom stereocenters. The van der Waals surface area contributed by atoms with Gasteiger partial charge in [0.15, 0.2) is 0 Å². The number of halogens is 1. The number of hydrogen-bond donors (Lipinski definition) is 3. The smallest absolute Gasteiger partial charge is 0.319 e. The van der Waals surface area contributed by atoms with E-state index in [0.717, 1.165) is 4.47 Å². The van der Waals surface area contributed by atoms with Gasteiger partial charge in [-0.25, -0.2) is 4.79 Å². The molecule has 1 rings (SSSR count). The molecule has 0 saturated carbocycles. The number of carboxylic acid groups (broad SMARTS) is 1. The van der Waals surface area contributed by atoms with E-state index >= 15 is 0 Å². The summed E-state index contributed by atoms with van der Waals surface area (Å²) in [6.07, 6.45) is 0.0402. The molecule has 0 aromatic heterocycles. The molecule has 5 nitrogen and oxygen atoms in total. The van der Waals surface area contributed by atoms with Gasteiger partial charge in [-0.2, -0.15) is 0 Å². The molecule has 0 radical (unpaired) electrons. The molecular formula is C12H15BrN2O3. The fourth-order valence-electron chi connectivity index (χ4n) is 1.35. The fourth-order valence-corrected chi connectivity index (χ4v) is 1.61. The largest absolute Gasteiger partial charge is 0.481 e. The normalized spacial score (nSPS) is 11.7. The molecule has 1 aromatic rings. The number of benzene rings is 1. The van der Waals surface area contributed by atoms with E-state index in [2.05, 4.69) is 26.6 Å². The molecule has 0 aliphatic carbocycles. The van der Waals surface area contributed by atoms with Crippen molar-refractivity contribution in [2.45, 2.75) is 13.3 Å². The average Bonchev–Trinajstić information content (AvgIpc) is 2.29. The van der Waals surface area contributed by atoms with Crippen molar-refractivity contribution in [2.75, 3.05) is 11.9 Å². The van der Waals surface area contributed by atoms with E-state index in [0.29, 0.717) is 12.2 Å². The number of amides is 2. The molecular weight excluding hydrogens is 300 g/mol. The first-order valence-corrected chi connectivity index (χ1v) is 6.29. The molecule has 1 aromatic carbocycles. The van der Waals surface area contributed by atoms with Crippen molar-refractivity contribution in [3.8, 4) is 0 Å². The van der Waals surface area contributed by atoms with Gasteiger partial charge in [0.25, 0.3) is 0 Å². The minimum atomic E-state index is -0.863.